The standard InChI is InChI=1S/C12H21N5O/c1-2-3-14-10(12(13)18)8-16-6-7-17-5-4-15-11(17)9-16/h4-5,10,14H,2-3,6-9H2,1H3,(H2,13,18). The van der Waals surface area contributed by atoms with Crippen molar-refractivity contribution in [1.29, 1.82) is 0 Å². The van der Waals surface area contributed by atoms with Crippen LogP contribution in [-0.4, -0.2) is 46.0 Å². The van der Waals surface area contributed by atoms with Gasteiger partial charge in [-0.2, -0.15) is 0 Å². The zero-order valence-corrected chi connectivity index (χ0v) is 10.8. The van der Waals surface area contributed by atoms with Crippen molar-refractivity contribution < 1.29 is 4.79 Å². The van der Waals surface area contributed by atoms with Crippen molar-refractivity contribution in [2.45, 2.75) is 32.5 Å². The molecule has 2 rings (SSSR count). The highest BCUT2D eigenvalue weighted by Crippen LogP contribution is 2.10. The van der Waals surface area contributed by atoms with E-state index in [1.54, 1.807) is 0 Å². The van der Waals surface area contributed by atoms with Gasteiger partial charge in [-0.05, 0) is 13.0 Å². The number of amides is 1. The Kier molecular flexibility index (Phi) is 4.33. The predicted molar refractivity (Wildman–Crippen MR) is 68.8 cm³/mol. The van der Waals surface area contributed by atoms with Gasteiger partial charge in [-0.25, -0.2) is 4.98 Å². The van der Waals surface area contributed by atoms with Crippen molar-refractivity contribution in [3.05, 3.63) is 18.2 Å². The van der Waals surface area contributed by atoms with Gasteiger partial charge >= 0.3 is 0 Å². The second-order valence-corrected chi connectivity index (χ2v) is 4.68. The summed E-state index contributed by atoms with van der Waals surface area (Å²) in [4.78, 5) is 17.9. The molecule has 0 radical (unpaired) electrons. The number of hydrogen-bond donors (Lipinski definition) is 2. The summed E-state index contributed by atoms with van der Waals surface area (Å²) in [6.07, 6.45) is 4.81. The molecule has 0 aromatic carbocycles. The third kappa shape index (κ3) is 3.08. The smallest absolute Gasteiger partial charge is 0.235 e. The first-order valence-corrected chi connectivity index (χ1v) is 6.45. The van der Waals surface area contributed by atoms with Crippen LogP contribution < -0.4 is 11.1 Å². The maximum atomic E-state index is 11.4. The number of aromatic nitrogens is 2. The minimum absolute atomic E-state index is 0.272. The number of nitrogens with zero attached hydrogens (tertiary/aromatic N) is 3. The van der Waals surface area contributed by atoms with E-state index in [0.29, 0.717) is 6.54 Å². The minimum Gasteiger partial charge on any atom is -0.368 e. The van der Waals surface area contributed by atoms with E-state index in [1.165, 1.54) is 0 Å². The lowest BCUT2D eigenvalue weighted by Crippen LogP contribution is -2.50. The van der Waals surface area contributed by atoms with Crippen molar-refractivity contribution in [3.8, 4) is 0 Å². The molecular formula is C12H21N5O. The number of fused-ring (bicyclic) bond motifs is 1. The summed E-state index contributed by atoms with van der Waals surface area (Å²) >= 11 is 0. The number of nitrogens with two attached hydrogens (primary N) is 1. The zero-order chi connectivity index (χ0) is 13.0. The molecule has 6 heteroatoms. The van der Waals surface area contributed by atoms with Crippen LogP contribution >= 0.6 is 0 Å². The van der Waals surface area contributed by atoms with Gasteiger partial charge < -0.3 is 15.6 Å². The summed E-state index contributed by atoms with van der Waals surface area (Å²) in [5.74, 6) is 0.775. The fraction of sp³-hybridized carbons (Fsp3) is 0.667. The molecule has 18 heavy (non-hydrogen) atoms. The number of hydrogen-bond acceptors (Lipinski definition) is 4. The molecular weight excluding hydrogens is 230 g/mol. The zero-order valence-electron chi connectivity index (χ0n) is 10.8. The third-order valence-corrected chi connectivity index (χ3v) is 3.25. The molecule has 1 atom stereocenters. The third-order valence-electron chi connectivity index (χ3n) is 3.25. The Labute approximate surface area is 107 Å². The molecule has 0 saturated heterocycles. The summed E-state index contributed by atoms with van der Waals surface area (Å²) in [7, 11) is 0. The first-order chi connectivity index (χ1) is 8.70. The van der Waals surface area contributed by atoms with Crippen molar-refractivity contribution in [2.75, 3.05) is 19.6 Å². The van der Waals surface area contributed by atoms with E-state index >= 15 is 0 Å². The van der Waals surface area contributed by atoms with Crippen molar-refractivity contribution in [2.24, 2.45) is 5.73 Å². The van der Waals surface area contributed by atoms with Gasteiger partial charge in [0.25, 0.3) is 0 Å². The quantitative estimate of drug-likeness (QED) is 0.718. The van der Waals surface area contributed by atoms with E-state index in [2.05, 4.69) is 26.7 Å². The largest absolute Gasteiger partial charge is 0.368 e. The molecule has 0 fully saturated rings. The van der Waals surface area contributed by atoms with Crippen LogP contribution in [0.25, 0.3) is 0 Å². The first-order valence-electron chi connectivity index (χ1n) is 6.45. The van der Waals surface area contributed by atoms with Gasteiger partial charge in [0.1, 0.15) is 5.82 Å². The van der Waals surface area contributed by atoms with Gasteiger partial charge in [0.05, 0.1) is 12.6 Å². The van der Waals surface area contributed by atoms with E-state index in [-0.39, 0.29) is 11.9 Å². The van der Waals surface area contributed by atoms with Crippen LogP contribution in [0.5, 0.6) is 0 Å². The average molecular weight is 251 g/mol. The molecule has 0 saturated carbocycles. The van der Waals surface area contributed by atoms with Gasteiger partial charge in [0.15, 0.2) is 0 Å². The second-order valence-electron chi connectivity index (χ2n) is 4.68. The molecule has 1 aromatic heterocycles. The second kappa shape index (κ2) is 5.97. The summed E-state index contributed by atoms with van der Waals surface area (Å²) in [5.41, 5.74) is 5.42. The Morgan fingerprint density at radius 2 is 2.44 bits per heavy atom. The number of primary amides is 1. The molecule has 2 heterocycles. The molecule has 0 aliphatic carbocycles. The first kappa shape index (κ1) is 13.0. The highest BCUT2D eigenvalue weighted by Gasteiger charge is 2.22. The fourth-order valence-corrected chi connectivity index (χ4v) is 2.21. The summed E-state index contributed by atoms with van der Waals surface area (Å²) in [6.45, 7) is 6.18. The van der Waals surface area contributed by atoms with E-state index in [1.807, 2.05) is 12.4 Å². The lowest BCUT2D eigenvalue weighted by molar-refractivity contribution is -0.120. The van der Waals surface area contributed by atoms with Gasteiger partial charge in [-0.15, -0.1) is 0 Å². The number of nitrogens with one attached hydrogen (secondary N) is 1. The van der Waals surface area contributed by atoms with E-state index in [9.17, 15) is 4.79 Å². The summed E-state index contributed by atoms with van der Waals surface area (Å²) < 4.78 is 2.15. The van der Waals surface area contributed by atoms with Gasteiger partial charge in [0, 0.05) is 32.0 Å². The van der Waals surface area contributed by atoms with Gasteiger partial charge in [0.2, 0.25) is 5.91 Å². The van der Waals surface area contributed by atoms with Gasteiger partial charge in [-0.3, -0.25) is 9.69 Å². The lowest BCUT2D eigenvalue weighted by Gasteiger charge is -2.30. The minimum atomic E-state index is -0.280. The number of imidazole rings is 1. The van der Waals surface area contributed by atoms with Crippen LogP contribution in [0.1, 0.15) is 19.2 Å². The number of rotatable bonds is 6. The molecule has 1 unspecified atom stereocenters. The molecule has 1 aromatic rings. The molecule has 0 bridgehead atoms. The molecule has 1 aliphatic heterocycles. The average Bonchev–Trinajstić information content (AvgIpc) is 2.81. The lowest BCUT2D eigenvalue weighted by atomic mass is 10.2. The van der Waals surface area contributed by atoms with Crippen LogP contribution in [-0.2, 0) is 17.9 Å². The maximum Gasteiger partial charge on any atom is 0.235 e. The summed E-state index contributed by atoms with van der Waals surface area (Å²) in [5, 5.41) is 3.19. The van der Waals surface area contributed by atoms with E-state index in [4.69, 9.17) is 5.73 Å². The topological polar surface area (TPSA) is 76.2 Å². The Morgan fingerprint density at radius 3 is 3.17 bits per heavy atom. The molecule has 1 amide bonds. The predicted octanol–water partition coefficient (Wildman–Crippen LogP) is -0.448. The van der Waals surface area contributed by atoms with Crippen molar-refractivity contribution >= 4 is 5.91 Å². The normalized spacial score (nSPS) is 17.4. The highest BCUT2D eigenvalue weighted by molar-refractivity contribution is 5.80. The van der Waals surface area contributed by atoms with Crippen molar-refractivity contribution in [3.63, 3.8) is 0 Å². The van der Waals surface area contributed by atoms with Crippen LogP contribution in [0, 0.1) is 0 Å². The molecule has 100 valence electrons. The van der Waals surface area contributed by atoms with Crippen LogP contribution in [0.2, 0.25) is 0 Å². The molecule has 1 aliphatic rings. The monoisotopic (exact) mass is 251 g/mol. The Morgan fingerprint density at radius 1 is 1.61 bits per heavy atom. The molecule has 6 nitrogen and oxygen atoms in total. The maximum absolute atomic E-state index is 11.4. The highest BCUT2D eigenvalue weighted by atomic mass is 16.1. The Hall–Kier alpha value is -1.40. The fourth-order valence-electron chi connectivity index (χ4n) is 2.21. The van der Waals surface area contributed by atoms with Crippen LogP contribution in [0.4, 0.5) is 0 Å². The van der Waals surface area contributed by atoms with E-state index < -0.39 is 0 Å². The number of carbonyl (C=O) groups excluding carboxylic acids is 1. The Bertz CT molecular complexity index is 403. The van der Waals surface area contributed by atoms with E-state index in [0.717, 1.165) is 38.4 Å². The Balaban J connectivity index is 1.90. The SMILES string of the molecule is CCCNC(CN1CCn2ccnc2C1)C(N)=O. The molecule has 0 spiro atoms. The van der Waals surface area contributed by atoms with Crippen LogP contribution in [0.15, 0.2) is 12.4 Å². The van der Waals surface area contributed by atoms with Crippen LogP contribution in [0.3, 0.4) is 0 Å². The van der Waals surface area contributed by atoms with Gasteiger partial charge in [-0.1, -0.05) is 6.92 Å². The van der Waals surface area contributed by atoms with Crippen molar-refractivity contribution in [1.82, 2.24) is 19.8 Å². The number of carbonyl (C=O) groups is 1. The molecule has 3 N–H and O–H groups in total. The summed E-state index contributed by atoms with van der Waals surface area (Å²) in [6, 6.07) is -0.272.